The van der Waals surface area contributed by atoms with Gasteiger partial charge >= 0.3 is 6.09 Å². The molecule has 0 aliphatic carbocycles. The molecule has 0 spiro atoms. The number of nitriles is 1. The Morgan fingerprint density at radius 3 is 2.40 bits per heavy atom. The van der Waals surface area contributed by atoms with Crippen molar-refractivity contribution in [3.63, 3.8) is 0 Å². The molecule has 0 radical (unpaired) electrons. The highest BCUT2D eigenvalue weighted by Gasteiger charge is 2.35. The highest BCUT2D eigenvalue weighted by molar-refractivity contribution is 5.99. The van der Waals surface area contributed by atoms with E-state index < -0.39 is 12.1 Å². The number of ether oxygens (including phenoxy) is 1. The van der Waals surface area contributed by atoms with Gasteiger partial charge < -0.3 is 24.5 Å². The zero-order valence-electron chi connectivity index (χ0n) is 23.7. The van der Waals surface area contributed by atoms with Gasteiger partial charge in [-0.05, 0) is 42.3 Å². The number of aromatic nitrogens is 2. The van der Waals surface area contributed by atoms with E-state index in [1.807, 2.05) is 59.2 Å². The van der Waals surface area contributed by atoms with Crippen LogP contribution in [0.2, 0.25) is 0 Å². The number of morpholine rings is 1. The molecule has 2 aliphatic rings. The number of imidazole rings is 1. The molecule has 218 valence electrons. The standard InChI is InChI=1S/C33H32N6O4/c34-21-25-11-9-24(10-12-25)19-29-22-37(33(41)42)13-14-38(29)32(40)30-31(26-5-2-1-3-6-26)39(23-35-30)28-8-4-7-27(20-28)36-15-17-43-18-16-36/h1-12,20,23,29H,13-19,22H2,(H,41,42)/t29-/m1/s1. The molecule has 1 aromatic heterocycles. The fraction of sp³-hybridized carbons (Fsp3) is 0.273. The van der Waals surface area contributed by atoms with Crippen molar-refractivity contribution in [2.75, 3.05) is 50.8 Å². The molecule has 0 saturated carbocycles. The Kier molecular flexibility index (Phi) is 8.07. The van der Waals surface area contributed by atoms with E-state index >= 15 is 0 Å². The number of hydrogen-bond acceptors (Lipinski definition) is 6. The minimum atomic E-state index is -1.01. The molecule has 10 heteroatoms. The number of carboxylic acid groups (broad SMARTS) is 1. The zero-order chi connectivity index (χ0) is 29.8. The van der Waals surface area contributed by atoms with Crippen LogP contribution in [0.15, 0.2) is 85.2 Å². The van der Waals surface area contributed by atoms with Gasteiger partial charge in [0.25, 0.3) is 5.91 Å². The number of amides is 2. The third kappa shape index (κ3) is 5.94. The Morgan fingerprint density at radius 2 is 1.67 bits per heavy atom. The lowest BCUT2D eigenvalue weighted by Gasteiger charge is -2.40. The lowest BCUT2D eigenvalue weighted by molar-refractivity contribution is 0.0447. The van der Waals surface area contributed by atoms with Crippen molar-refractivity contribution in [2.24, 2.45) is 0 Å². The summed E-state index contributed by atoms with van der Waals surface area (Å²) in [6.07, 6.45) is 1.13. The van der Waals surface area contributed by atoms with Gasteiger partial charge in [0.05, 0.1) is 36.6 Å². The summed E-state index contributed by atoms with van der Waals surface area (Å²) in [5.41, 5.74) is 5.28. The Hall–Kier alpha value is -5.14. The average molecular weight is 577 g/mol. The largest absolute Gasteiger partial charge is 0.465 e. The Labute approximate surface area is 250 Å². The van der Waals surface area contributed by atoms with Gasteiger partial charge in [-0.3, -0.25) is 9.36 Å². The van der Waals surface area contributed by atoms with Gasteiger partial charge in [0, 0.05) is 49.7 Å². The van der Waals surface area contributed by atoms with Crippen molar-refractivity contribution in [2.45, 2.75) is 12.5 Å². The van der Waals surface area contributed by atoms with Crippen molar-refractivity contribution in [3.05, 3.63) is 102 Å². The minimum absolute atomic E-state index is 0.185. The van der Waals surface area contributed by atoms with Gasteiger partial charge in [0.1, 0.15) is 6.33 Å². The van der Waals surface area contributed by atoms with Gasteiger partial charge in [0.2, 0.25) is 0 Å². The number of rotatable bonds is 6. The van der Waals surface area contributed by atoms with Gasteiger partial charge in [-0.15, -0.1) is 0 Å². The minimum Gasteiger partial charge on any atom is -0.465 e. The quantitative estimate of drug-likeness (QED) is 0.364. The number of carbonyl (C=O) groups excluding carboxylic acids is 1. The number of hydrogen-bond donors (Lipinski definition) is 1. The van der Waals surface area contributed by atoms with Crippen molar-refractivity contribution in [1.82, 2.24) is 19.4 Å². The number of piperazine rings is 1. The summed E-state index contributed by atoms with van der Waals surface area (Å²) >= 11 is 0. The van der Waals surface area contributed by atoms with Gasteiger partial charge in [0.15, 0.2) is 5.69 Å². The van der Waals surface area contributed by atoms with Crippen LogP contribution in [0.3, 0.4) is 0 Å². The fourth-order valence-corrected chi connectivity index (χ4v) is 5.83. The van der Waals surface area contributed by atoms with E-state index in [0.29, 0.717) is 36.6 Å². The average Bonchev–Trinajstić information content (AvgIpc) is 3.51. The van der Waals surface area contributed by atoms with Crippen molar-refractivity contribution < 1.29 is 19.4 Å². The smallest absolute Gasteiger partial charge is 0.407 e. The van der Waals surface area contributed by atoms with Crippen LogP contribution >= 0.6 is 0 Å². The van der Waals surface area contributed by atoms with Crippen LogP contribution in [-0.2, 0) is 11.2 Å². The Morgan fingerprint density at radius 1 is 0.930 bits per heavy atom. The van der Waals surface area contributed by atoms with Crippen LogP contribution < -0.4 is 4.90 Å². The molecule has 2 amide bonds. The Balaban J connectivity index is 1.37. The van der Waals surface area contributed by atoms with Crippen LogP contribution in [0, 0.1) is 11.3 Å². The molecule has 2 aliphatic heterocycles. The SMILES string of the molecule is N#Cc1ccc(C[C@@H]2CN(C(=O)O)CCN2C(=O)c2ncn(-c3cccc(N4CCOCC4)c3)c2-c2ccccc2)cc1. The Bertz CT molecular complexity index is 1640. The van der Waals surface area contributed by atoms with Crippen LogP contribution in [0.25, 0.3) is 16.9 Å². The summed E-state index contributed by atoms with van der Waals surface area (Å²) < 4.78 is 7.48. The van der Waals surface area contributed by atoms with Crippen LogP contribution in [-0.4, -0.2) is 88.4 Å². The predicted octanol–water partition coefficient (Wildman–Crippen LogP) is 4.29. The molecular formula is C33H32N6O4. The second-order valence-corrected chi connectivity index (χ2v) is 10.7. The predicted molar refractivity (Wildman–Crippen MR) is 161 cm³/mol. The van der Waals surface area contributed by atoms with Crippen LogP contribution in [0.5, 0.6) is 0 Å². The monoisotopic (exact) mass is 576 g/mol. The van der Waals surface area contributed by atoms with E-state index in [1.54, 1.807) is 23.4 Å². The third-order valence-electron chi connectivity index (χ3n) is 8.07. The molecule has 0 unspecified atom stereocenters. The second-order valence-electron chi connectivity index (χ2n) is 10.7. The fourth-order valence-electron chi connectivity index (χ4n) is 5.83. The van der Waals surface area contributed by atoms with Crippen molar-refractivity contribution >= 4 is 17.7 Å². The van der Waals surface area contributed by atoms with E-state index in [2.05, 4.69) is 28.1 Å². The topological polar surface area (TPSA) is 115 Å². The molecular weight excluding hydrogens is 544 g/mol. The highest BCUT2D eigenvalue weighted by Crippen LogP contribution is 2.30. The molecule has 1 N–H and O–H groups in total. The molecule has 10 nitrogen and oxygen atoms in total. The zero-order valence-corrected chi connectivity index (χ0v) is 23.7. The molecule has 0 bridgehead atoms. The van der Waals surface area contributed by atoms with E-state index in [1.165, 1.54) is 4.90 Å². The summed E-state index contributed by atoms with van der Waals surface area (Å²) in [6.45, 7) is 3.64. The highest BCUT2D eigenvalue weighted by atomic mass is 16.5. The summed E-state index contributed by atoms with van der Waals surface area (Å²) in [5.74, 6) is -0.245. The molecule has 43 heavy (non-hydrogen) atoms. The molecule has 6 rings (SSSR count). The van der Waals surface area contributed by atoms with E-state index in [-0.39, 0.29) is 25.5 Å². The van der Waals surface area contributed by atoms with Gasteiger partial charge in [-0.25, -0.2) is 9.78 Å². The number of nitrogens with zero attached hydrogens (tertiary/aromatic N) is 6. The number of carbonyl (C=O) groups is 2. The first kappa shape index (κ1) is 28.0. The first-order chi connectivity index (χ1) is 21.0. The first-order valence-electron chi connectivity index (χ1n) is 14.4. The van der Waals surface area contributed by atoms with Crippen molar-refractivity contribution in [1.29, 1.82) is 5.26 Å². The van der Waals surface area contributed by atoms with Gasteiger partial charge in [-0.2, -0.15) is 5.26 Å². The first-order valence-corrected chi connectivity index (χ1v) is 14.4. The molecule has 2 fully saturated rings. The summed E-state index contributed by atoms with van der Waals surface area (Å²) in [6, 6.07) is 26.8. The summed E-state index contributed by atoms with van der Waals surface area (Å²) in [5, 5.41) is 18.9. The third-order valence-corrected chi connectivity index (χ3v) is 8.07. The van der Waals surface area contributed by atoms with Crippen LogP contribution in [0.4, 0.5) is 10.5 Å². The second kappa shape index (κ2) is 12.4. The molecule has 3 heterocycles. The van der Waals surface area contributed by atoms with Gasteiger partial charge in [-0.1, -0.05) is 48.5 Å². The molecule has 1 atom stereocenters. The lowest BCUT2D eigenvalue weighted by Crippen LogP contribution is -2.57. The summed E-state index contributed by atoms with van der Waals surface area (Å²) in [7, 11) is 0. The maximum atomic E-state index is 14.3. The van der Waals surface area contributed by atoms with Crippen LogP contribution in [0.1, 0.15) is 21.6 Å². The van der Waals surface area contributed by atoms with E-state index in [4.69, 9.17) is 4.74 Å². The number of anilines is 1. The normalized spacial score (nSPS) is 17.0. The maximum Gasteiger partial charge on any atom is 0.407 e. The number of benzene rings is 3. The molecule has 3 aromatic carbocycles. The summed E-state index contributed by atoms with van der Waals surface area (Å²) in [4.78, 5) is 36.3. The van der Waals surface area contributed by atoms with E-state index in [0.717, 1.165) is 35.6 Å². The van der Waals surface area contributed by atoms with Crippen molar-refractivity contribution in [3.8, 4) is 23.0 Å². The lowest BCUT2D eigenvalue weighted by atomic mass is 10.00. The van der Waals surface area contributed by atoms with E-state index in [9.17, 15) is 20.0 Å². The molecule has 2 saturated heterocycles. The molecule has 4 aromatic rings. The maximum absolute atomic E-state index is 14.3.